The van der Waals surface area contributed by atoms with E-state index in [9.17, 15) is 14.4 Å². The SMILES string of the molecule is CCOC(=O)c1ccc(NC(=O)CN2CCC(C(=O)OCC)CC2)cc1. The fourth-order valence-electron chi connectivity index (χ4n) is 2.89. The number of hydrogen-bond acceptors (Lipinski definition) is 6. The van der Waals surface area contributed by atoms with Crippen LogP contribution in [0.15, 0.2) is 24.3 Å². The minimum Gasteiger partial charge on any atom is -0.466 e. The molecular weight excluding hydrogens is 336 g/mol. The molecule has 0 atom stereocenters. The molecule has 1 amide bonds. The Morgan fingerprint density at radius 2 is 1.65 bits per heavy atom. The van der Waals surface area contributed by atoms with Crippen molar-refractivity contribution < 1.29 is 23.9 Å². The van der Waals surface area contributed by atoms with Gasteiger partial charge in [0.1, 0.15) is 0 Å². The Hall–Kier alpha value is -2.41. The maximum atomic E-state index is 12.2. The number of piperidine rings is 1. The molecule has 2 rings (SSSR count). The number of ether oxygens (including phenoxy) is 2. The minimum atomic E-state index is -0.380. The van der Waals surface area contributed by atoms with E-state index in [-0.39, 0.29) is 30.3 Å². The number of hydrogen-bond donors (Lipinski definition) is 1. The number of benzene rings is 1. The molecule has 0 unspecified atom stereocenters. The van der Waals surface area contributed by atoms with Crippen molar-refractivity contribution in [3.8, 4) is 0 Å². The fourth-order valence-corrected chi connectivity index (χ4v) is 2.89. The van der Waals surface area contributed by atoms with Gasteiger partial charge in [-0.3, -0.25) is 14.5 Å². The molecule has 1 aromatic rings. The molecule has 7 heteroatoms. The van der Waals surface area contributed by atoms with E-state index in [4.69, 9.17) is 9.47 Å². The molecule has 0 aromatic heterocycles. The van der Waals surface area contributed by atoms with E-state index in [2.05, 4.69) is 5.32 Å². The van der Waals surface area contributed by atoms with Crippen molar-refractivity contribution >= 4 is 23.5 Å². The maximum Gasteiger partial charge on any atom is 0.338 e. The number of esters is 2. The van der Waals surface area contributed by atoms with Crippen molar-refractivity contribution in [3.63, 3.8) is 0 Å². The summed E-state index contributed by atoms with van der Waals surface area (Å²) in [7, 11) is 0. The van der Waals surface area contributed by atoms with Crippen LogP contribution in [0.2, 0.25) is 0 Å². The number of anilines is 1. The molecule has 7 nitrogen and oxygen atoms in total. The van der Waals surface area contributed by atoms with Gasteiger partial charge < -0.3 is 14.8 Å². The molecule has 1 aromatic carbocycles. The zero-order valence-corrected chi connectivity index (χ0v) is 15.3. The zero-order chi connectivity index (χ0) is 18.9. The molecule has 1 fully saturated rings. The van der Waals surface area contributed by atoms with Crippen LogP contribution in [0.4, 0.5) is 5.69 Å². The predicted octanol–water partition coefficient (Wildman–Crippen LogP) is 2.08. The van der Waals surface area contributed by atoms with E-state index >= 15 is 0 Å². The summed E-state index contributed by atoms with van der Waals surface area (Å²) in [4.78, 5) is 37.5. The van der Waals surface area contributed by atoms with E-state index in [1.165, 1.54) is 0 Å². The van der Waals surface area contributed by atoms with Gasteiger partial charge in [0, 0.05) is 5.69 Å². The highest BCUT2D eigenvalue weighted by Crippen LogP contribution is 2.18. The Kier molecular flexibility index (Phi) is 7.59. The van der Waals surface area contributed by atoms with Crippen LogP contribution in [0.3, 0.4) is 0 Å². The molecule has 0 spiro atoms. The number of likely N-dealkylation sites (tertiary alicyclic amines) is 1. The quantitative estimate of drug-likeness (QED) is 0.748. The summed E-state index contributed by atoms with van der Waals surface area (Å²) in [5.74, 6) is -0.707. The molecular formula is C19H26N2O5. The second kappa shape index (κ2) is 9.91. The average molecular weight is 362 g/mol. The molecule has 0 bridgehead atoms. The first-order valence-electron chi connectivity index (χ1n) is 8.99. The van der Waals surface area contributed by atoms with Crippen molar-refractivity contribution in [3.05, 3.63) is 29.8 Å². The Morgan fingerprint density at radius 3 is 2.23 bits per heavy atom. The van der Waals surface area contributed by atoms with Crippen LogP contribution in [0.25, 0.3) is 0 Å². The van der Waals surface area contributed by atoms with Gasteiger partial charge in [0.2, 0.25) is 5.91 Å². The van der Waals surface area contributed by atoms with E-state index in [1.807, 2.05) is 4.90 Å². The lowest BCUT2D eigenvalue weighted by atomic mass is 9.97. The van der Waals surface area contributed by atoms with Gasteiger partial charge in [0.05, 0.1) is 31.2 Å². The lowest BCUT2D eigenvalue weighted by Crippen LogP contribution is -2.41. The predicted molar refractivity (Wildman–Crippen MR) is 96.8 cm³/mol. The lowest BCUT2D eigenvalue weighted by Gasteiger charge is -2.30. The Balaban J connectivity index is 1.77. The summed E-state index contributed by atoms with van der Waals surface area (Å²) < 4.78 is 9.97. The van der Waals surface area contributed by atoms with Gasteiger partial charge in [-0.25, -0.2) is 4.79 Å². The van der Waals surface area contributed by atoms with Gasteiger partial charge in [-0.2, -0.15) is 0 Å². The zero-order valence-electron chi connectivity index (χ0n) is 15.3. The molecule has 1 aliphatic heterocycles. The highest BCUT2D eigenvalue weighted by atomic mass is 16.5. The van der Waals surface area contributed by atoms with Crippen LogP contribution in [0.1, 0.15) is 37.0 Å². The summed E-state index contributed by atoms with van der Waals surface area (Å²) in [5, 5.41) is 2.82. The summed E-state index contributed by atoms with van der Waals surface area (Å²) in [5.41, 5.74) is 1.08. The van der Waals surface area contributed by atoms with Crippen LogP contribution in [0, 0.1) is 5.92 Å². The van der Waals surface area contributed by atoms with Crippen LogP contribution >= 0.6 is 0 Å². The van der Waals surface area contributed by atoms with E-state index in [0.717, 1.165) is 0 Å². The lowest BCUT2D eigenvalue weighted by molar-refractivity contribution is -0.149. The summed E-state index contributed by atoms with van der Waals surface area (Å²) in [6, 6.07) is 6.60. The smallest absolute Gasteiger partial charge is 0.338 e. The topological polar surface area (TPSA) is 84.9 Å². The van der Waals surface area contributed by atoms with Crippen LogP contribution in [-0.4, -0.2) is 55.6 Å². The monoisotopic (exact) mass is 362 g/mol. The van der Waals surface area contributed by atoms with Gasteiger partial charge in [-0.1, -0.05) is 0 Å². The second-order valence-electron chi connectivity index (χ2n) is 6.15. The Labute approximate surface area is 153 Å². The molecule has 142 valence electrons. The third-order valence-electron chi connectivity index (χ3n) is 4.25. The molecule has 1 saturated heterocycles. The molecule has 1 N–H and O–H groups in total. The van der Waals surface area contributed by atoms with Gasteiger partial charge in [-0.05, 0) is 64.0 Å². The van der Waals surface area contributed by atoms with E-state index < -0.39 is 0 Å². The van der Waals surface area contributed by atoms with Gasteiger partial charge >= 0.3 is 11.9 Å². The van der Waals surface area contributed by atoms with Crippen LogP contribution < -0.4 is 5.32 Å². The van der Waals surface area contributed by atoms with Gasteiger partial charge in [-0.15, -0.1) is 0 Å². The van der Waals surface area contributed by atoms with E-state index in [1.54, 1.807) is 38.1 Å². The normalized spacial score (nSPS) is 15.3. The van der Waals surface area contributed by atoms with Crippen molar-refractivity contribution in [2.45, 2.75) is 26.7 Å². The minimum absolute atomic E-state index is 0.0651. The molecule has 0 aliphatic carbocycles. The first-order valence-corrected chi connectivity index (χ1v) is 8.99. The van der Waals surface area contributed by atoms with Gasteiger partial charge in [0.15, 0.2) is 0 Å². The second-order valence-corrected chi connectivity index (χ2v) is 6.15. The number of amides is 1. The van der Waals surface area contributed by atoms with E-state index in [0.29, 0.717) is 50.4 Å². The van der Waals surface area contributed by atoms with Crippen LogP contribution in [0.5, 0.6) is 0 Å². The molecule has 26 heavy (non-hydrogen) atoms. The summed E-state index contributed by atoms with van der Waals surface area (Å²) in [6.45, 7) is 5.94. The largest absolute Gasteiger partial charge is 0.466 e. The fraction of sp³-hybridized carbons (Fsp3) is 0.526. The highest BCUT2D eigenvalue weighted by molar-refractivity contribution is 5.94. The highest BCUT2D eigenvalue weighted by Gasteiger charge is 2.26. The number of carbonyl (C=O) groups is 3. The number of nitrogens with zero attached hydrogens (tertiary/aromatic N) is 1. The Morgan fingerprint density at radius 1 is 1.04 bits per heavy atom. The first kappa shape index (κ1) is 19.9. The first-order chi connectivity index (χ1) is 12.5. The molecule has 0 radical (unpaired) electrons. The Bertz CT molecular complexity index is 621. The van der Waals surface area contributed by atoms with Crippen molar-refractivity contribution in [1.29, 1.82) is 0 Å². The summed E-state index contributed by atoms with van der Waals surface area (Å²) >= 11 is 0. The van der Waals surface area contributed by atoms with Crippen molar-refractivity contribution in [2.24, 2.45) is 5.92 Å². The van der Waals surface area contributed by atoms with Gasteiger partial charge in [0.25, 0.3) is 0 Å². The molecule has 1 aliphatic rings. The van der Waals surface area contributed by atoms with Crippen LogP contribution in [-0.2, 0) is 19.1 Å². The molecule has 0 saturated carbocycles. The average Bonchev–Trinajstić information content (AvgIpc) is 2.63. The third kappa shape index (κ3) is 5.84. The maximum absolute atomic E-state index is 12.2. The standard InChI is InChI=1S/C19H26N2O5/c1-3-25-18(23)14-5-7-16(8-6-14)20-17(22)13-21-11-9-15(10-12-21)19(24)26-4-2/h5-8,15H,3-4,9-13H2,1-2H3,(H,20,22). The van der Waals surface area contributed by atoms with Crippen molar-refractivity contribution in [2.75, 3.05) is 38.2 Å². The number of rotatable bonds is 7. The number of nitrogens with one attached hydrogen (secondary N) is 1. The number of carbonyl (C=O) groups excluding carboxylic acids is 3. The third-order valence-corrected chi connectivity index (χ3v) is 4.25. The summed E-state index contributed by atoms with van der Waals surface area (Å²) in [6.07, 6.45) is 1.42. The van der Waals surface area contributed by atoms with Crippen molar-refractivity contribution in [1.82, 2.24) is 4.90 Å². The molecule has 1 heterocycles.